The van der Waals surface area contributed by atoms with Crippen LogP contribution in [0.3, 0.4) is 0 Å². The van der Waals surface area contributed by atoms with E-state index < -0.39 is 11.6 Å². The molecule has 0 aliphatic rings. The third kappa shape index (κ3) is 4.13. The lowest BCUT2D eigenvalue weighted by Crippen LogP contribution is -1.95. The highest BCUT2D eigenvalue weighted by Crippen LogP contribution is 2.41. The normalized spacial score (nSPS) is 10.7. The van der Waals surface area contributed by atoms with Crippen molar-refractivity contribution in [2.24, 2.45) is 0 Å². The third-order valence-electron chi connectivity index (χ3n) is 3.62. The molecule has 0 radical (unpaired) electrons. The summed E-state index contributed by atoms with van der Waals surface area (Å²) in [4.78, 5) is 0.295. The van der Waals surface area contributed by atoms with E-state index in [0.717, 1.165) is 17.8 Å². The highest BCUT2D eigenvalue weighted by atomic mass is 32.2. The second kappa shape index (κ2) is 8.26. The zero-order valence-electron chi connectivity index (χ0n) is 14.8. The summed E-state index contributed by atoms with van der Waals surface area (Å²) in [5, 5.41) is 7.97. The van der Waals surface area contributed by atoms with Gasteiger partial charge < -0.3 is 18.6 Å². The average molecular weight is 394 g/mol. The molecule has 0 saturated carbocycles. The van der Waals surface area contributed by atoms with Gasteiger partial charge in [0.25, 0.3) is 0 Å². The molecule has 0 N–H and O–H groups in total. The van der Waals surface area contributed by atoms with E-state index in [2.05, 4.69) is 10.2 Å². The van der Waals surface area contributed by atoms with Gasteiger partial charge in [-0.15, -0.1) is 22.0 Å². The monoisotopic (exact) mass is 394 g/mol. The number of methoxy groups -OCH3 is 3. The van der Waals surface area contributed by atoms with Crippen LogP contribution in [0, 0.1) is 11.6 Å². The van der Waals surface area contributed by atoms with E-state index in [1.54, 1.807) is 12.1 Å². The van der Waals surface area contributed by atoms with Gasteiger partial charge in [0, 0.05) is 16.5 Å². The van der Waals surface area contributed by atoms with Crippen molar-refractivity contribution in [2.75, 3.05) is 21.3 Å². The molecule has 3 aromatic rings. The lowest BCUT2D eigenvalue weighted by atomic mass is 10.2. The Kier molecular flexibility index (Phi) is 5.80. The van der Waals surface area contributed by atoms with E-state index in [4.69, 9.17) is 18.6 Å². The van der Waals surface area contributed by atoms with Crippen molar-refractivity contribution in [3.8, 4) is 28.7 Å². The molecule has 0 saturated heterocycles. The van der Waals surface area contributed by atoms with Crippen LogP contribution < -0.4 is 14.2 Å². The van der Waals surface area contributed by atoms with Gasteiger partial charge in [-0.05, 0) is 24.3 Å². The van der Waals surface area contributed by atoms with Crippen molar-refractivity contribution in [3.63, 3.8) is 0 Å². The Labute approximate surface area is 158 Å². The minimum Gasteiger partial charge on any atom is -0.493 e. The van der Waals surface area contributed by atoms with Crippen molar-refractivity contribution in [3.05, 3.63) is 47.9 Å². The molecule has 27 heavy (non-hydrogen) atoms. The molecule has 1 heterocycles. The summed E-state index contributed by atoms with van der Waals surface area (Å²) in [5.74, 6) is 0.884. The molecule has 1 aromatic heterocycles. The minimum atomic E-state index is -0.635. The lowest BCUT2D eigenvalue weighted by Gasteiger charge is -2.12. The third-order valence-corrected chi connectivity index (χ3v) is 4.66. The molecule has 0 aliphatic heterocycles. The predicted octanol–water partition coefficient (Wildman–Crippen LogP) is 4.33. The molecule has 0 spiro atoms. The fourth-order valence-electron chi connectivity index (χ4n) is 2.36. The highest BCUT2D eigenvalue weighted by Gasteiger charge is 2.18. The number of ether oxygens (including phenoxy) is 3. The molecule has 0 atom stereocenters. The van der Waals surface area contributed by atoms with Crippen LogP contribution >= 0.6 is 11.8 Å². The van der Waals surface area contributed by atoms with Crippen molar-refractivity contribution in [1.82, 2.24) is 10.2 Å². The van der Waals surface area contributed by atoms with Crippen molar-refractivity contribution < 1.29 is 27.4 Å². The van der Waals surface area contributed by atoms with Crippen molar-refractivity contribution in [1.29, 1.82) is 0 Å². The van der Waals surface area contributed by atoms with Gasteiger partial charge in [0.05, 0.1) is 27.1 Å². The quantitative estimate of drug-likeness (QED) is 0.553. The topological polar surface area (TPSA) is 66.6 Å². The Morgan fingerprint density at radius 2 is 1.67 bits per heavy atom. The van der Waals surface area contributed by atoms with Crippen LogP contribution in [-0.4, -0.2) is 31.5 Å². The van der Waals surface area contributed by atoms with Gasteiger partial charge in [0.2, 0.25) is 17.5 Å². The number of halogens is 2. The predicted molar refractivity (Wildman–Crippen MR) is 95.3 cm³/mol. The average Bonchev–Trinajstić information content (AvgIpc) is 3.15. The SMILES string of the molecule is COc1cc(-c2nnc(CSc3ccc(F)cc3F)o2)cc(OC)c1OC. The van der Waals surface area contributed by atoms with Crippen LogP contribution in [-0.2, 0) is 5.75 Å². The molecular formula is C18H16F2N2O4S. The van der Waals surface area contributed by atoms with Gasteiger partial charge >= 0.3 is 0 Å². The van der Waals surface area contributed by atoms with Crippen LogP contribution in [0.1, 0.15) is 5.89 Å². The van der Waals surface area contributed by atoms with Gasteiger partial charge in [0.1, 0.15) is 11.6 Å². The zero-order valence-corrected chi connectivity index (χ0v) is 15.6. The number of rotatable bonds is 7. The van der Waals surface area contributed by atoms with E-state index in [9.17, 15) is 8.78 Å². The fourth-order valence-corrected chi connectivity index (χ4v) is 3.12. The Morgan fingerprint density at radius 1 is 0.963 bits per heavy atom. The van der Waals surface area contributed by atoms with Crippen molar-refractivity contribution in [2.45, 2.75) is 10.6 Å². The molecule has 3 rings (SSSR count). The smallest absolute Gasteiger partial charge is 0.248 e. The lowest BCUT2D eigenvalue weighted by molar-refractivity contribution is 0.324. The number of aromatic nitrogens is 2. The highest BCUT2D eigenvalue weighted by molar-refractivity contribution is 7.98. The van der Waals surface area contributed by atoms with Gasteiger partial charge in [0.15, 0.2) is 11.5 Å². The van der Waals surface area contributed by atoms with Gasteiger partial charge in [-0.2, -0.15) is 0 Å². The summed E-state index contributed by atoms with van der Waals surface area (Å²) >= 11 is 1.13. The second-order valence-electron chi connectivity index (χ2n) is 5.28. The summed E-state index contributed by atoms with van der Waals surface area (Å²) in [6.45, 7) is 0. The number of hydrogen-bond donors (Lipinski definition) is 0. The molecule has 142 valence electrons. The maximum Gasteiger partial charge on any atom is 0.248 e. The largest absolute Gasteiger partial charge is 0.493 e. The first kappa shape index (κ1) is 19.0. The Balaban J connectivity index is 1.81. The molecule has 0 bridgehead atoms. The van der Waals surface area contributed by atoms with E-state index >= 15 is 0 Å². The Morgan fingerprint density at radius 3 is 2.26 bits per heavy atom. The van der Waals surface area contributed by atoms with E-state index in [1.807, 2.05) is 0 Å². The summed E-state index contributed by atoms with van der Waals surface area (Å²) in [5.41, 5.74) is 0.584. The fraction of sp³-hybridized carbons (Fsp3) is 0.222. The second-order valence-corrected chi connectivity index (χ2v) is 6.30. The van der Waals surface area contributed by atoms with Crippen LogP contribution in [0.15, 0.2) is 39.6 Å². The summed E-state index contributed by atoms with van der Waals surface area (Å²) in [7, 11) is 4.53. The minimum absolute atomic E-state index is 0.236. The van der Waals surface area contributed by atoms with E-state index in [-0.39, 0.29) is 11.6 Å². The summed E-state index contributed by atoms with van der Waals surface area (Å²) in [6.07, 6.45) is 0. The maximum atomic E-state index is 13.7. The molecule has 6 nitrogen and oxygen atoms in total. The number of thioether (sulfide) groups is 1. The Hall–Kier alpha value is -2.81. The Bertz CT molecular complexity index is 924. The van der Waals surface area contributed by atoms with Gasteiger partial charge in [-0.1, -0.05) is 0 Å². The molecule has 0 unspecified atom stereocenters. The van der Waals surface area contributed by atoms with E-state index in [1.165, 1.54) is 33.5 Å². The van der Waals surface area contributed by atoms with Gasteiger partial charge in [-0.3, -0.25) is 0 Å². The first-order chi connectivity index (χ1) is 13.0. The van der Waals surface area contributed by atoms with Crippen LogP contribution in [0.5, 0.6) is 17.2 Å². The molecule has 0 aliphatic carbocycles. The molecule has 9 heteroatoms. The first-order valence-electron chi connectivity index (χ1n) is 7.76. The molecule has 0 amide bonds. The van der Waals surface area contributed by atoms with Crippen LogP contribution in [0.25, 0.3) is 11.5 Å². The summed E-state index contributed by atoms with van der Waals surface area (Å²) < 4.78 is 48.2. The number of hydrogen-bond acceptors (Lipinski definition) is 7. The van der Waals surface area contributed by atoms with E-state index in [0.29, 0.717) is 33.6 Å². The first-order valence-corrected chi connectivity index (χ1v) is 8.75. The van der Waals surface area contributed by atoms with Crippen LogP contribution in [0.4, 0.5) is 8.78 Å². The van der Waals surface area contributed by atoms with Crippen LogP contribution in [0.2, 0.25) is 0 Å². The molecular weight excluding hydrogens is 378 g/mol. The summed E-state index contributed by atoms with van der Waals surface area (Å²) in [6, 6.07) is 6.76. The standard InChI is InChI=1S/C18H16F2N2O4S/c1-23-13-6-10(7-14(24-2)17(13)25-3)18-22-21-16(26-18)9-27-15-5-4-11(19)8-12(15)20/h4-8H,9H2,1-3H3. The van der Waals surface area contributed by atoms with Crippen molar-refractivity contribution >= 4 is 11.8 Å². The maximum absolute atomic E-state index is 13.7. The molecule has 2 aromatic carbocycles. The number of nitrogens with zero attached hydrogens (tertiary/aromatic N) is 2. The molecule has 0 fully saturated rings. The number of benzene rings is 2. The van der Waals surface area contributed by atoms with Gasteiger partial charge in [-0.25, -0.2) is 8.78 Å². The zero-order chi connectivity index (χ0) is 19.4.